The fourth-order valence-electron chi connectivity index (χ4n) is 0.312. The maximum Gasteiger partial charge on any atom is 0.245 e. The number of rotatable bonds is 2. The van der Waals surface area contributed by atoms with Crippen LogP contribution in [-0.4, -0.2) is 24.4 Å². The second kappa shape index (κ2) is 8.21. The van der Waals surface area contributed by atoms with Gasteiger partial charge in [0.05, 0.1) is 0 Å². The molecule has 0 heterocycles. The molecular formula is C8H17NO. The van der Waals surface area contributed by atoms with Gasteiger partial charge in [-0.05, 0) is 13.0 Å². The van der Waals surface area contributed by atoms with Crippen LogP contribution in [0.1, 0.15) is 20.8 Å². The molecular weight excluding hydrogens is 126 g/mol. The molecule has 0 atom stereocenters. The first-order chi connectivity index (χ1) is 4.72. The molecule has 0 aliphatic rings. The van der Waals surface area contributed by atoms with Gasteiger partial charge < -0.3 is 4.90 Å². The molecule has 0 aromatic carbocycles. The van der Waals surface area contributed by atoms with E-state index in [1.807, 2.05) is 20.8 Å². The van der Waals surface area contributed by atoms with E-state index in [1.54, 1.807) is 11.9 Å². The minimum Gasteiger partial charge on any atom is -0.343 e. The predicted octanol–water partition coefficient (Wildman–Crippen LogP) is 1.68. The number of likely N-dealkylation sites (N-methyl/N-ethyl adjacent to an activating group) is 1. The zero-order valence-corrected chi connectivity index (χ0v) is 7.35. The summed E-state index contributed by atoms with van der Waals surface area (Å²) in [6.07, 6.45) is 1.31. The van der Waals surface area contributed by atoms with Crippen molar-refractivity contribution in [1.29, 1.82) is 0 Å². The highest BCUT2D eigenvalue weighted by Gasteiger charge is 1.96. The van der Waals surface area contributed by atoms with E-state index in [2.05, 4.69) is 6.58 Å². The molecule has 0 saturated heterocycles. The number of hydrogen-bond donors (Lipinski definition) is 0. The van der Waals surface area contributed by atoms with Gasteiger partial charge in [0.15, 0.2) is 0 Å². The highest BCUT2D eigenvalue weighted by molar-refractivity contribution is 5.86. The van der Waals surface area contributed by atoms with E-state index >= 15 is 0 Å². The summed E-state index contributed by atoms with van der Waals surface area (Å²) in [7, 11) is 1.74. The third kappa shape index (κ3) is 5.35. The van der Waals surface area contributed by atoms with Crippen LogP contribution in [0.25, 0.3) is 0 Å². The molecule has 10 heavy (non-hydrogen) atoms. The number of nitrogens with zero attached hydrogens (tertiary/aromatic N) is 1. The summed E-state index contributed by atoms with van der Waals surface area (Å²) >= 11 is 0. The van der Waals surface area contributed by atoms with Gasteiger partial charge in [0, 0.05) is 13.6 Å². The van der Waals surface area contributed by atoms with Crippen molar-refractivity contribution in [2.75, 3.05) is 13.6 Å². The lowest BCUT2D eigenvalue weighted by Gasteiger charge is -2.09. The van der Waals surface area contributed by atoms with Gasteiger partial charge in [0.25, 0.3) is 0 Å². The van der Waals surface area contributed by atoms with E-state index in [9.17, 15) is 4.79 Å². The van der Waals surface area contributed by atoms with Gasteiger partial charge >= 0.3 is 0 Å². The lowest BCUT2D eigenvalue weighted by atomic mass is 10.5. The molecule has 0 aromatic rings. The first-order valence-electron chi connectivity index (χ1n) is 3.60. The average molecular weight is 143 g/mol. The molecule has 0 fully saturated rings. The number of carbonyl (C=O) groups is 1. The van der Waals surface area contributed by atoms with Crippen molar-refractivity contribution in [1.82, 2.24) is 4.90 Å². The van der Waals surface area contributed by atoms with E-state index in [-0.39, 0.29) is 5.91 Å². The smallest absolute Gasteiger partial charge is 0.245 e. The SMILES string of the molecule is C=CC(=O)N(C)CC.CC. The summed E-state index contributed by atoms with van der Waals surface area (Å²) in [4.78, 5) is 12.1. The fourth-order valence-corrected chi connectivity index (χ4v) is 0.312. The van der Waals surface area contributed by atoms with Crippen molar-refractivity contribution < 1.29 is 4.79 Å². The van der Waals surface area contributed by atoms with Crippen LogP contribution in [0.3, 0.4) is 0 Å². The van der Waals surface area contributed by atoms with E-state index in [0.29, 0.717) is 0 Å². The Morgan fingerprint density at radius 3 is 2.10 bits per heavy atom. The van der Waals surface area contributed by atoms with Gasteiger partial charge in [0.2, 0.25) is 5.91 Å². The maximum atomic E-state index is 10.6. The molecule has 2 heteroatoms. The quantitative estimate of drug-likeness (QED) is 0.538. The van der Waals surface area contributed by atoms with Crippen LogP contribution >= 0.6 is 0 Å². The molecule has 1 amide bonds. The van der Waals surface area contributed by atoms with Crippen molar-refractivity contribution in [3.05, 3.63) is 12.7 Å². The summed E-state index contributed by atoms with van der Waals surface area (Å²) in [5.41, 5.74) is 0. The Labute approximate surface area is 63.5 Å². The molecule has 0 aromatic heterocycles. The van der Waals surface area contributed by atoms with Gasteiger partial charge in [-0.3, -0.25) is 4.79 Å². The number of hydrogen-bond acceptors (Lipinski definition) is 1. The summed E-state index contributed by atoms with van der Waals surface area (Å²) in [5.74, 6) is -0.0208. The Morgan fingerprint density at radius 2 is 2.00 bits per heavy atom. The minimum atomic E-state index is -0.0208. The first-order valence-corrected chi connectivity index (χ1v) is 3.60. The molecule has 0 radical (unpaired) electrons. The van der Waals surface area contributed by atoms with Crippen LogP contribution in [-0.2, 0) is 4.79 Å². The van der Waals surface area contributed by atoms with Crippen molar-refractivity contribution in [2.45, 2.75) is 20.8 Å². The van der Waals surface area contributed by atoms with Gasteiger partial charge in [-0.25, -0.2) is 0 Å². The van der Waals surface area contributed by atoms with Crippen molar-refractivity contribution in [3.63, 3.8) is 0 Å². The van der Waals surface area contributed by atoms with E-state index < -0.39 is 0 Å². The molecule has 2 nitrogen and oxygen atoms in total. The molecule has 0 rings (SSSR count). The van der Waals surface area contributed by atoms with Gasteiger partial charge in [-0.2, -0.15) is 0 Å². The second-order valence-electron chi connectivity index (χ2n) is 1.56. The van der Waals surface area contributed by atoms with Gasteiger partial charge in [-0.1, -0.05) is 20.4 Å². The molecule has 0 spiro atoms. The Balaban J connectivity index is 0. The van der Waals surface area contributed by atoms with Crippen molar-refractivity contribution in [2.24, 2.45) is 0 Å². The van der Waals surface area contributed by atoms with Crippen LogP contribution in [0.4, 0.5) is 0 Å². The van der Waals surface area contributed by atoms with Crippen LogP contribution in [0.15, 0.2) is 12.7 Å². The Morgan fingerprint density at radius 1 is 1.60 bits per heavy atom. The standard InChI is InChI=1S/C6H11NO.C2H6/c1-4-6(8)7(3)5-2;1-2/h4H,1,5H2,2-3H3;1-2H3. The van der Waals surface area contributed by atoms with Crippen LogP contribution in [0.5, 0.6) is 0 Å². The Hall–Kier alpha value is -0.790. The topological polar surface area (TPSA) is 20.3 Å². The Kier molecular flexibility index (Phi) is 9.80. The van der Waals surface area contributed by atoms with E-state index in [1.165, 1.54) is 6.08 Å². The third-order valence-electron chi connectivity index (χ3n) is 1.03. The van der Waals surface area contributed by atoms with Crippen LogP contribution in [0, 0.1) is 0 Å². The Bertz CT molecular complexity index is 99.4. The maximum absolute atomic E-state index is 10.6. The van der Waals surface area contributed by atoms with Crippen molar-refractivity contribution in [3.8, 4) is 0 Å². The zero-order chi connectivity index (χ0) is 8.57. The predicted molar refractivity (Wildman–Crippen MR) is 44.9 cm³/mol. The normalized spacial score (nSPS) is 7.20. The highest BCUT2D eigenvalue weighted by atomic mass is 16.2. The lowest BCUT2D eigenvalue weighted by Crippen LogP contribution is -2.23. The molecule has 0 bridgehead atoms. The molecule has 0 N–H and O–H groups in total. The zero-order valence-electron chi connectivity index (χ0n) is 7.35. The summed E-state index contributed by atoms with van der Waals surface area (Å²) in [5, 5.41) is 0. The molecule has 0 aliphatic carbocycles. The van der Waals surface area contributed by atoms with Crippen LogP contribution < -0.4 is 0 Å². The van der Waals surface area contributed by atoms with Gasteiger partial charge in [0.1, 0.15) is 0 Å². The largest absolute Gasteiger partial charge is 0.343 e. The van der Waals surface area contributed by atoms with E-state index in [0.717, 1.165) is 6.54 Å². The fraction of sp³-hybridized carbons (Fsp3) is 0.625. The average Bonchev–Trinajstić information content (AvgIpc) is 2.05. The van der Waals surface area contributed by atoms with Crippen LogP contribution in [0.2, 0.25) is 0 Å². The number of amides is 1. The lowest BCUT2D eigenvalue weighted by molar-refractivity contribution is -0.124. The first kappa shape index (κ1) is 11.9. The summed E-state index contributed by atoms with van der Waals surface area (Å²) in [6, 6.07) is 0. The van der Waals surface area contributed by atoms with Gasteiger partial charge in [-0.15, -0.1) is 0 Å². The minimum absolute atomic E-state index is 0.0208. The molecule has 0 unspecified atom stereocenters. The highest BCUT2D eigenvalue weighted by Crippen LogP contribution is 1.81. The monoisotopic (exact) mass is 143 g/mol. The second-order valence-corrected chi connectivity index (χ2v) is 1.56. The number of carbonyl (C=O) groups excluding carboxylic acids is 1. The molecule has 0 saturated carbocycles. The summed E-state index contributed by atoms with van der Waals surface area (Å²) in [6.45, 7) is 10.00. The molecule has 60 valence electrons. The molecule has 0 aliphatic heterocycles. The third-order valence-corrected chi connectivity index (χ3v) is 1.03. The van der Waals surface area contributed by atoms with E-state index in [4.69, 9.17) is 0 Å². The van der Waals surface area contributed by atoms with Crippen molar-refractivity contribution >= 4 is 5.91 Å². The summed E-state index contributed by atoms with van der Waals surface area (Å²) < 4.78 is 0.